The van der Waals surface area contributed by atoms with Crippen molar-refractivity contribution in [3.63, 3.8) is 0 Å². The van der Waals surface area contributed by atoms with Gasteiger partial charge in [0.05, 0.1) is 6.04 Å². The lowest BCUT2D eigenvalue weighted by molar-refractivity contribution is -0.122. The van der Waals surface area contributed by atoms with Crippen molar-refractivity contribution in [2.24, 2.45) is 5.73 Å². The monoisotopic (exact) mass is 212 g/mol. The van der Waals surface area contributed by atoms with Crippen LogP contribution in [0.3, 0.4) is 0 Å². The van der Waals surface area contributed by atoms with Crippen LogP contribution < -0.4 is 11.1 Å². The Hall–Kier alpha value is -1.05. The van der Waals surface area contributed by atoms with Crippen molar-refractivity contribution in [2.45, 2.75) is 31.7 Å². The number of nitrogens with two attached hydrogens (primary N) is 1. The van der Waals surface area contributed by atoms with Crippen LogP contribution in [0.4, 0.5) is 0 Å². The fourth-order valence-corrected chi connectivity index (χ4v) is 1.11. The van der Waals surface area contributed by atoms with Crippen LogP contribution in [0.5, 0.6) is 0 Å². The molecule has 15 heavy (non-hydrogen) atoms. The number of amides is 1. The first-order valence-electron chi connectivity index (χ1n) is 5.18. The predicted octanol–water partition coefficient (Wildman–Crippen LogP) is 0.270. The van der Waals surface area contributed by atoms with E-state index in [2.05, 4.69) is 11.2 Å². The van der Waals surface area contributed by atoms with Crippen LogP contribution in [0.1, 0.15) is 25.7 Å². The summed E-state index contributed by atoms with van der Waals surface area (Å²) < 4.78 is 4.91. The molecule has 0 aliphatic carbocycles. The van der Waals surface area contributed by atoms with Crippen LogP contribution >= 0.6 is 0 Å². The number of methoxy groups -OCH3 is 1. The van der Waals surface area contributed by atoms with Crippen LogP contribution in [0.2, 0.25) is 0 Å². The molecule has 1 unspecified atom stereocenters. The molecule has 0 aromatic heterocycles. The van der Waals surface area contributed by atoms with Crippen LogP contribution in [0.25, 0.3) is 0 Å². The van der Waals surface area contributed by atoms with Crippen molar-refractivity contribution in [3.8, 4) is 12.3 Å². The maximum Gasteiger partial charge on any atom is 0.237 e. The first kappa shape index (κ1) is 13.9. The van der Waals surface area contributed by atoms with Crippen molar-refractivity contribution in [2.75, 3.05) is 20.3 Å². The van der Waals surface area contributed by atoms with E-state index in [4.69, 9.17) is 16.9 Å². The molecule has 1 amide bonds. The van der Waals surface area contributed by atoms with E-state index >= 15 is 0 Å². The first-order chi connectivity index (χ1) is 7.22. The number of ether oxygens (including phenoxy) is 1. The normalized spacial score (nSPS) is 11.8. The van der Waals surface area contributed by atoms with Gasteiger partial charge in [-0.05, 0) is 19.3 Å². The molecule has 0 aromatic rings. The number of carbonyl (C=O) groups excluding carboxylic acids is 1. The molecule has 3 N–H and O–H groups in total. The number of hydrogen-bond acceptors (Lipinski definition) is 3. The Morgan fingerprint density at radius 3 is 2.87 bits per heavy atom. The zero-order valence-corrected chi connectivity index (χ0v) is 9.29. The third-order valence-corrected chi connectivity index (χ3v) is 2.00. The summed E-state index contributed by atoms with van der Waals surface area (Å²) >= 11 is 0. The number of nitrogens with one attached hydrogen (secondary N) is 1. The fourth-order valence-electron chi connectivity index (χ4n) is 1.11. The Balaban J connectivity index is 3.35. The maximum absolute atomic E-state index is 11.3. The number of hydrogen-bond donors (Lipinski definition) is 2. The molecule has 0 fully saturated rings. The predicted molar refractivity (Wildman–Crippen MR) is 60.2 cm³/mol. The lowest BCUT2D eigenvalue weighted by Gasteiger charge is -2.09. The Morgan fingerprint density at radius 1 is 1.53 bits per heavy atom. The summed E-state index contributed by atoms with van der Waals surface area (Å²) in [5.74, 6) is 2.20. The molecular weight excluding hydrogens is 192 g/mol. The molecule has 1 atom stereocenters. The molecule has 86 valence electrons. The Bertz CT molecular complexity index is 211. The standard InChI is InChI=1S/C11H20N2O2/c1-3-7-10(12)11(14)13-8-5-4-6-9-15-2/h1,10H,4-9,12H2,2H3,(H,13,14). The molecule has 0 spiro atoms. The Morgan fingerprint density at radius 2 is 2.27 bits per heavy atom. The molecule has 0 aromatic carbocycles. The third-order valence-electron chi connectivity index (χ3n) is 2.00. The number of terminal acetylenes is 1. The summed E-state index contributed by atoms with van der Waals surface area (Å²) in [6.45, 7) is 1.42. The summed E-state index contributed by atoms with van der Waals surface area (Å²) in [4.78, 5) is 11.3. The van der Waals surface area contributed by atoms with E-state index in [1.54, 1.807) is 7.11 Å². The summed E-state index contributed by atoms with van der Waals surface area (Å²) in [5, 5.41) is 2.74. The lowest BCUT2D eigenvalue weighted by Crippen LogP contribution is -2.40. The number of carbonyl (C=O) groups is 1. The highest BCUT2D eigenvalue weighted by Crippen LogP contribution is 1.94. The fraction of sp³-hybridized carbons (Fsp3) is 0.727. The molecule has 0 heterocycles. The minimum absolute atomic E-state index is 0.167. The van der Waals surface area contributed by atoms with Gasteiger partial charge in [-0.1, -0.05) is 0 Å². The second kappa shape index (κ2) is 9.50. The Labute approximate surface area is 91.6 Å². The minimum atomic E-state index is -0.575. The molecule has 0 rings (SSSR count). The van der Waals surface area contributed by atoms with Gasteiger partial charge in [0.15, 0.2) is 0 Å². The van der Waals surface area contributed by atoms with Gasteiger partial charge in [-0.2, -0.15) is 0 Å². The quantitative estimate of drug-likeness (QED) is 0.448. The summed E-state index contributed by atoms with van der Waals surface area (Å²) in [5.41, 5.74) is 5.52. The zero-order valence-electron chi connectivity index (χ0n) is 9.29. The molecule has 0 saturated heterocycles. The van der Waals surface area contributed by atoms with Gasteiger partial charge in [0.2, 0.25) is 5.91 Å². The molecule has 4 heteroatoms. The van der Waals surface area contributed by atoms with Crippen LogP contribution in [-0.2, 0) is 9.53 Å². The van der Waals surface area contributed by atoms with Crippen molar-refractivity contribution in [3.05, 3.63) is 0 Å². The van der Waals surface area contributed by atoms with Gasteiger partial charge < -0.3 is 15.8 Å². The summed E-state index contributed by atoms with van der Waals surface area (Å²) in [7, 11) is 1.68. The maximum atomic E-state index is 11.3. The van der Waals surface area contributed by atoms with E-state index in [1.165, 1.54) is 0 Å². The molecular formula is C11H20N2O2. The number of rotatable bonds is 8. The second-order valence-electron chi connectivity index (χ2n) is 3.36. The first-order valence-corrected chi connectivity index (χ1v) is 5.18. The molecule has 0 radical (unpaired) electrons. The minimum Gasteiger partial charge on any atom is -0.385 e. The van der Waals surface area contributed by atoms with Gasteiger partial charge in [0.1, 0.15) is 0 Å². The second-order valence-corrected chi connectivity index (χ2v) is 3.36. The van der Waals surface area contributed by atoms with Crippen molar-refractivity contribution in [1.29, 1.82) is 0 Å². The zero-order chi connectivity index (χ0) is 11.5. The Kier molecular flexibility index (Phi) is 8.84. The van der Waals surface area contributed by atoms with E-state index in [-0.39, 0.29) is 12.3 Å². The summed E-state index contributed by atoms with van der Waals surface area (Å²) in [6.07, 6.45) is 8.34. The van der Waals surface area contributed by atoms with Gasteiger partial charge in [-0.15, -0.1) is 12.3 Å². The smallest absolute Gasteiger partial charge is 0.237 e. The average molecular weight is 212 g/mol. The van der Waals surface area contributed by atoms with E-state index in [9.17, 15) is 4.79 Å². The van der Waals surface area contributed by atoms with Crippen molar-refractivity contribution >= 4 is 5.91 Å². The van der Waals surface area contributed by atoms with Gasteiger partial charge in [-0.3, -0.25) is 4.79 Å². The largest absolute Gasteiger partial charge is 0.385 e. The van der Waals surface area contributed by atoms with E-state index in [0.29, 0.717) is 6.54 Å². The highest BCUT2D eigenvalue weighted by molar-refractivity contribution is 5.81. The molecule has 0 saturated carbocycles. The van der Waals surface area contributed by atoms with Gasteiger partial charge in [0, 0.05) is 26.7 Å². The van der Waals surface area contributed by atoms with E-state index < -0.39 is 6.04 Å². The topological polar surface area (TPSA) is 64.4 Å². The highest BCUT2D eigenvalue weighted by atomic mass is 16.5. The van der Waals surface area contributed by atoms with Crippen molar-refractivity contribution in [1.82, 2.24) is 5.32 Å². The van der Waals surface area contributed by atoms with Gasteiger partial charge >= 0.3 is 0 Å². The van der Waals surface area contributed by atoms with E-state index in [1.807, 2.05) is 0 Å². The average Bonchev–Trinajstić information content (AvgIpc) is 2.23. The molecule has 4 nitrogen and oxygen atoms in total. The van der Waals surface area contributed by atoms with Crippen LogP contribution in [-0.4, -0.2) is 32.2 Å². The molecule has 0 aliphatic heterocycles. The lowest BCUT2D eigenvalue weighted by atomic mass is 10.2. The SMILES string of the molecule is C#CCC(N)C(=O)NCCCCCOC. The van der Waals surface area contributed by atoms with Crippen molar-refractivity contribution < 1.29 is 9.53 Å². The molecule has 0 bridgehead atoms. The third kappa shape index (κ3) is 7.98. The molecule has 0 aliphatic rings. The van der Waals surface area contributed by atoms with Crippen LogP contribution in [0, 0.1) is 12.3 Å². The summed E-state index contributed by atoms with van der Waals surface area (Å²) in [6, 6.07) is -0.575. The number of unbranched alkanes of at least 4 members (excludes halogenated alkanes) is 2. The van der Waals surface area contributed by atoms with Crippen LogP contribution in [0.15, 0.2) is 0 Å². The highest BCUT2D eigenvalue weighted by Gasteiger charge is 2.10. The van der Waals surface area contributed by atoms with Gasteiger partial charge in [-0.25, -0.2) is 0 Å². The van der Waals surface area contributed by atoms with E-state index in [0.717, 1.165) is 25.9 Å². The van der Waals surface area contributed by atoms with Gasteiger partial charge in [0.25, 0.3) is 0 Å².